The van der Waals surface area contributed by atoms with E-state index in [0.717, 1.165) is 17.8 Å². The summed E-state index contributed by atoms with van der Waals surface area (Å²) in [6.07, 6.45) is 1.38. The van der Waals surface area contributed by atoms with Crippen molar-refractivity contribution >= 4 is 34.5 Å². The first-order valence-electron chi connectivity index (χ1n) is 9.01. The van der Waals surface area contributed by atoms with E-state index in [1.807, 2.05) is 23.6 Å². The van der Waals surface area contributed by atoms with Crippen LogP contribution in [0.25, 0.3) is 0 Å². The largest absolute Gasteiger partial charge is 0.487 e. The standard InChI is InChI=1S/C21H19N3O3S/c25-20-9-4-10-24(20)19-8-2-1-7-18(19)23-21(26)15-5-3-6-17(11-15)27-12-16-13-28-14-22-16/h1-3,5-8,11,13-14H,4,9-10,12H2,(H,23,26). The molecule has 1 saturated heterocycles. The summed E-state index contributed by atoms with van der Waals surface area (Å²) in [6.45, 7) is 1.03. The number of rotatable bonds is 6. The van der Waals surface area contributed by atoms with Crippen LogP contribution in [0.2, 0.25) is 0 Å². The number of nitrogens with one attached hydrogen (secondary N) is 1. The molecule has 0 aliphatic carbocycles. The van der Waals surface area contributed by atoms with Crippen molar-refractivity contribution in [3.63, 3.8) is 0 Å². The maximum absolute atomic E-state index is 12.8. The third-order valence-corrected chi connectivity index (χ3v) is 5.12. The maximum Gasteiger partial charge on any atom is 0.255 e. The van der Waals surface area contributed by atoms with E-state index < -0.39 is 0 Å². The highest BCUT2D eigenvalue weighted by Crippen LogP contribution is 2.30. The fourth-order valence-electron chi connectivity index (χ4n) is 3.11. The van der Waals surface area contributed by atoms with Crippen LogP contribution in [0.3, 0.4) is 0 Å². The predicted octanol–water partition coefficient (Wildman–Crippen LogP) is 4.10. The number of carbonyl (C=O) groups excluding carboxylic acids is 2. The fraction of sp³-hybridized carbons (Fsp3) is 0.190. The molecular weight excluding hydrogens is 374 g/mol. The van der Waals surface area contributed by atoms with Crippen LogP contribution in [0.5, 0.6) is 5.75 Å². The van der Waals surface area contributed by atoms with Crippen LogP contribution in [-0.2, 0) is 11.4 Å². The average Bonchev–Trinajstić information content (AvgIpc) is 3.39. The minimum atomic E-state index is -0.252. The van der Waals surface area contributed by atoms with Crippen LogP contribution in [-0.4, -0.2) is 23.3 Å². The molecule has 1 N–H and O–H groups in total. The van der Waals surface area contributed by atoms with Crippen LogP contribution in [0.1, 0.15) is 28.9 Å². The molecular formula is C21H19N3O3S. The van der Waals surface area contributed by atoms with Crippen LogP contribution >= 0.6 is 11.3 Å². The summed E-state index contributed by atoms with van der Waals surface area (Å²) >= 11 is 1.51. The SMILES string of the molecule is O=C(Nc1ccccc1N1CCCC1=O)c1cccc(OCc2cscn2)c1. The number of thiazole rings is 1. The minimum Gasteiger partial charge on any atom is -0.487 e. The van der Waals surface area contributed by atoms with Crippen LogP contribution in [0.4, 0.5) is 11.4 Å². The molecule has 2 amide bonds. The second kappa shape index (κ2) is 8.22. The second-order valence-corrected chi connectivity index (χ2v) is 7.14. The van der Waals surface area contributed by atoms with Gasteiger partial charge in [0, 0.05) is 23.9 Å². The summed E-state index contributed by atoms with van der Waals surface area (Å²) in [4.78, 5) is 30.8. The summed E-state index contributed by atoms with van der Waals surface area (Å²) in [5, 5.41) is 4.85. The number of hydrogen-bond donors (Lipinski definition) is 1. The van der Waals surface area contributed by atoms with Gasteiger partial charge in [-0.3, -0.25) is 9.59 Å². The van der Waals surface area contributed by atoms with E-state index in [1.165, 1.54) is 11.3 Å². The quantitative estimate of drug-likeness (QED) is 0.684. The molecule has 6 nitrogen and oxygen atoms in total. The minimum absolute atomic E-state index is 0.0825. The first kappa shape index (κ1) is 18.2. The van der Waals surface area contributed by atoms with Crippen molar-refractivity contribution in [1.29, 1.82) is 0 Å². The molecule has 0 unspecified atom stereocenters. The van der Waals surface area contributed by atoms with Crippen molar-refractivity contribution in [3.05, 3.63) is 70.7 Å². The molecule has 1 aliphatic rings. The number of nitrogens with zero attached hydrogens (tertiary/aromatic N) is 2. The number of benzene rings is 2. The third kappa shape index (κ3) is 4.04. The van der Waals surface area contributed by atoms with Crippen LogP contribution in [0, 0.1) is 0 Å². The number of aromatic nitrogens is 1. The van der Waals surface area contributed by atoms with Crippen LogP contribution < -0.4 is 15.0 Å². The lowest BCUT2D eigenvalue weighted by Gasteiger charge is -2.20. The van der Waals surface area contributed by atoms with Gasteiger partial charge in [-0.25, -0.2) is 4.98 Å². The van der Waals surface area contributed by atoms with E-state index in [9.17, 15) is 9.59 Å². The Labute approximate surface area is 166 Å². The van der Waals surface area contributed by atoms with Crippen molar-refractivity contribution in [2.45, 2.75) is 19.4 Å². The molecule has 0 atom stereocenters. The van der Waals surface area contributed by atoms with Gasteiger partial charge < -0.3 is 15.0 Å². The maximum atomic E-state index is 12.8. The second-order valence-electron chi connectivity index (χ2n) is 6.42. The molecule has 3 aromatic rings. The van der Waals surface area contributed by atoms with E-state index >= 15 is 0 Å². The Hall–Kier alpha value is -3.19. The van der Waals surface area contributed by atoms with Crippen molar-refractivity contribution in [1.82, 2.24) is 4.98 Å². The number of anilines is 2. The Morgan fingerprint density at radius 3 is 2.89 bits per heavy atom. The predicted molar refractivity (Wildman–Crippen MR) is 109 cm³/mol. The van der Waals surface area contributed by atoms with Gasteiger partial charge in [-0.2, -0.15) is 0 Å². The van der Waals surface area contributed by atoms with Crippen molar-refractivity contribution < 1.29 is 14.3 Å². The molecule has 0 spiro atoms. The van der Waals surface area contributed by atoms with Gasteiger partial charge in [-0.15, -0.1) is 11.3 Å². The molecule has 2 heterocycles. The van der Waals surface area contributed by atoms with E-state index in [-0.39, 0.29) is 11.8 Å². The average molecular weight is 393 g/mol. The van der Waals surface area contributed by atoms with Crippen LogP contribution in [0.15, 0.2) is 59.4 Å². The van der Waals surface area contributed by atoms with E-state index in [4.69, 9.17) is 4.74 Å². The monoisotopic (exact) mass is 393 g/mol. The van der Waals surface area contributed by atoms with Crippen molar-refractivity contribution in [2.75, 3.05) is 16.8 Å². The molecule has 0 radical (unpaired) electrons. The Morgan fingerprint density at radius 1 is 1.21 bits per heavy atom. The zero-order chi connectivity index (χ0) is 19.3. The summed E-state index contributed by atoms with van der Waals surface area (Å²) in [7, 11) is 0. The number of carbonyl (C=O) groups is 2. The van der Waals surface area contributed by atoms with Gasteiger partial charge in [0.05, 0.1) is 22.6 Å². The molecule has 0 saturated carbocycles. The number of hydrogen-bond acceptors (Lipinski definition) is 5. The molecule has 28 heavy (non-hydrogen) atoms. The third-order valence-electron chi connectivity index (χ3n) is 4.48. The van der Waals surface area contributed by atoms with E-state index in [2.05, 4.69) is 10.3 Å². The lowest BCUT2D eigenvalue weighted by Crippen LogP contribution is -2.25. The molecule has 1 aromatic heterocycles. The summed E-state index contributed by atoms with van der Waals surface area (Å²) in [5.74, 6) is 0.431. The molecule has 1 aliphatic heterocycles. The molecule has 2 aromatic carbocycles. The first-order chi connectivity index (χ1) is 13.7. The summed E-state index contributed by atoms with van der Waals surface area (Å²) in [5.41, 5.74) is 4.44. The van der Waals surface area contributed by atoms with Gasteiger partial charge in [0.1, 0.15) is 12.4 Å². The lowest BCUT2D eigenvalue weighted by atomic mass is 10.2. The molecule has 4 rings (SSSR count). The summed E-state index contributed by atoms with van der Waals surface area (Å²) in [6, 6.07) is 14.4. The summed E-state index contributed by atoms with van der Waals surface area (Å²) < 4.78 is 5.72. The Kier molecular flexibility index (Phi) is 5.34. The molecule has 7 heteroatoms. The normalized spacial score (nSPS) is 13.6. The smallest absolute Gasteiger partial charge is 0.255 e. The van der Waals surface area contributed by atoms with E-state index in [0.29, 0.717) is 36.6 Å². The number of para-hydroxylation sites is 2. The van der Waals surface area contributed by atoms with Gasteiger partial charge in [-0.05, 0) is 36.8 Å². The molecule has 0 bridgehead atoms. The zero-order valence-corrected chi connectivity index (χ0v) is 15.9. The number of ether oxygens (including phenoxy) is 1. The Bertz CT molecular complexity index is 988. The number of amides is 2. The first-order valence-corrected chi connectivity index (χ1v) is 9.96. The topological polar surface area (TPSA) is 71.5 Å². The van der Waals surface area contributed by atoms with Crippen molar-refractivity contribution in [2.24, 2.45) is 0 Å². The van der Waals surface area contributed by atoms with Gasteiger partial charge in [0.25, 0.3) is 5.91 Å². The van der Waals surface area contributed by atoms with Gasteiger partial charge >= 0.3 is 0 Å². The Morgan fingerprint density at radius 2 is 2.11 bits per heavy atom. The highest BCUT2D eigenvalue weighted by Gasteiger charge is 2.24. The molecule has 1 fully saturated rings. The van der Waals surface area contributed by atoms with Gasteiger partial charge in [-0.1, -0.05) is 18.2 Å². The fourth-order valence-corrected chi connectivity index (χ4v) is 3.65. The zero-order valence-electron chi connectivity index (χ0n) is 15.1. The molecule has 142 valence electrons. The highest BCUT2D eigenvalue weighted by atomic mass is 32.1. The highest BCUT2D eigenvalue weighted by molar-refractivity contribution is 7.07. The van der Waals surface area contributed by atoms with Gasteiger partial charge in [0.2, 0.25) is 5.91 Å². The lowest BCUT2D eigenvalue weighted by molar-refractivity contribution is -0.117. The Balaban J connectivity index is 1.48. The van der Waals surface area contributed by atoms with Crippen molar-refractivity contribution in [3.8, 4) is 5.75 Å². The van der Waals surface area contributed by atoms with E-state index in [1.54, 1.807) is 40.7 Å². The van der Waals surface area contributed by atoms with Gasteiger partial charge in [0.15, 0.2) is 0 Å².